The lowest BCUT2D eigenvalue weighted by Crippen LogP contribution is -2.48. The number of aryl methyl sites for hydroxylation is 1. The van der Waals surface area contributed by atoms with Gasteiger partial charge in [0.05, 0.1) is 13.1 Å². The zero-order valence-electron chi connectivity index (χ0n) is 16.1. The number of anilines is 1. The minimum Gasteiger partial charge on any atom is -0.337 e. The Labute approximate surface area is 156 Å². The summed E-state index contributed by atoms with van der Waals surface area (Å²) in [5, 5.41) is 3.45. The molecule has 1 rings (SSSR count). The van der Waals surface area contributed by atoms with Crippen molar-refractivity contribution in [2.24, 2.45) is 0 Å². The third-order valence-electron chi connectivity index (χ3n) is 4.05. The Kier molecular flexibility index (Phi) is 8.39. The fourth-order valence-electron chi connectivity index (χ4n) is 2.85. The lowest BCUT2D eigenvalue weighted by atomic mass is 10.2. The summed E-state index contributed by atoms with van der Waals surface area (Å²) in [5.41, 5.74) is 1.65. The normalized spacial score (nSPS) is 11.3. The molecule has 6 heteroatoms. The number of carbonyl (C=O) groups is 2. The van der Waals surface area contributed by atoms with Crippen LogP contribution in [0.2, 0.25) is 5.02 Å². The van der Waals surface area contributed by atoms with E-state index < -0.39 is 0 Å². The molecule has 0 saturated heterocycles. The number of amides is 2. The average molecular weight is 368 g/mol. The van der Waals surface area contributed by atoms with Gasteiger partial charge in [-0.05, 0) is 58.9 Å². The van der Waals surface area contributed by atoms with Gasteiger partial charge in [-0.3, -0.25) is 14.5 Å². The van der Waals surface area contributed by atoms with Gasteiger partial charge in [0.15, 0.2) is 0 Å². The van der Waals surface area contributed by atoms with Crippen molar-refractivity contribution in [1.29, 1.82) is 0 Å². The molecule has 0 atom stereocenters. The molecule has 1 aromatic rings. The Bertz CT molecular complexity index is 594. The monoisotopic (exact) mass is 367 g/mol. The van der Waals surface area contributed by atoms with Gasteiger partial charge in [-0.15, -0.1) is 0 Å². The van der Waals surface area contributed by atoms with Crippen LogP contribution >= 0.6 is 11.6 Å². The minimum absolute atomic E-state index is 0.0404. The molecule has 0 radical (unpaired) electrons. The van der Waals surface area contributed by atoms with Crippen LogP contribution in [0.1, 0.15) is 40.2 Å². The first-order valence-corrected chi connectivity index (χ1v) is 9.13. The molecule has 0 fully saturated rings. The largest absolute Gasteiger partial charge is 0.337 e. The Morgan fingerprint density at radius 3 is 2.24 bits per heavy atom. The van der Waals surface area contributed by atoms with Crippen molar-refractivity contribution >= 4 is 29.1 Å². The molecular weight excluding hydrogens is 338 g/mol. The van der Waals surface area contributed by atoms with E-state index in [-0.39, 0.29) is 37.0 Å². The summed E-state index contributed by atoms with van der Waals surface area (Å²) in [6.45, 7) is 12.9. The number of carbonyl (C=O) groups excluding carboxylic acids is 2. The second-order valence-corrected chi connectivity index (χ2v) is 7.24. The highest BCUT2D eigenvalue weighted by Crippen LogP contribution is 2.20. The molecule has 5 nitrogen and oxygen atoms in total. The number of hydrogen-bond donors (Lipinski definition) is 1. The maximum atomic E-state index is 12.6. The highest BCUT2D eigenvalue weighted by atomic mass is 35.5. The molecular formula is C19H30ClN3O2. The van der Waals surface area contributed by atoms with Gasteiger partial charge < -0.3 is 10.2 Å². The molecule has 140 valence electrons. The van der Waals surface area contributed by atoms with Crippen molar-refractivity contribution in [3.8, 4) is 0 Å². The predicted molar refractivity (Wildman–Crippen MR) is 104 cm³/mol. The predicted octanol–water partition coefficient (Wildman–Crippen LogP) is 3.55. The molecule has 0 saturated carbocycles. The second kappa shape index (κ2) is 9.78. The number of halogens is 1. The van der Waals surface area contributed by atoms with Crippen LogP contribution in [0.5, 0.6) is 0 Å². The molecule has 0 heterocycles. The Hall–Kier alpha value is -1.59. The van der Waals surface area contributed by atoms with Gasteiger partial charge in [0.2, 0.25) is 11.8 Å². The van der Waals surface area contributed by atoms with Gasteiger partial charge in [0.25, 0.3) is 0 Å². The van der Waals surface area contributed by atoms with Crippen LogP contribution in [-0.2, 0) is 9.59 Å². The molecule has 1 aromatic carbocycles. The minimum atomic E-state index is -0.152. The van der Waals surface area contributed by atoms with Crippen LogP contribution in [0.15, 0.2) is 18.2 Å². The SMILES string of the molecule is CCN(CC(=O)Nc1cc(Cl)ccc1C)CC(=O)N(C(C)C)C(C)C. The van der Waals surface area contributed by atoms with Gasteiger partial charge in [0.1, 0.15) is 0 Å². The van der Waals surface area contributed by atoms with E-state index in [0.29, 0.717) is 17.3 Å². The third kappa shape index (κ3) is 6.67. The molecule has 0 aliphatic rings. The van der Waals surface area contributed by atoms with Crippen LogP contribution in [0.25, 0.3) is 0 Å². The first-order valence-electron chi connectivity index (χ1n) is 8.75. The highest BCUT2D eigenvalue weighted by Gasteiger charge is 2.22. The zero-order chi connectivity index (χ0) is 19.1. The smallest absolute Gasteiger partial charge is 0.238 e. The molecule has 1 N–H and O–H groups in total. The van der Waals surface area contributed by atoms with Gasteiger partial charge in [-0.1, -0.05) is 24.6 Å². The van der Waals surface area contributed by atoms with E-state index >= 15 is 0 Å². The standard InChI is InChI=1S/C19H30ClN3O2/c1-7-22(12-19(25)23(13(2)3)14(4)5)11-18(24)21-17-10-16(20)9-8-15(17)6/h8-10,13-14H,7,11-12H2,1-6H3,(H,21,24). The number of benzene rings is 1. The van der Waals surface area contributed by atoms with E-state index in [9.17, 15) is 9.59 Å². The van der Waals surface area contributed by atoms with Gasteiger partial charge in [0, 0.05) is 22.8 Å². The number of rotatable bonds is 8. The quantitative estimate of drug-likeness (QED) is 0.764. The van der Waals surface area contributed by atoms with E-state index in [4.69, 9.17) is 11.6 Å². The average Bonchev–Trinajstić information content (AvgIpc) is 2.49. The Balaban J connectivity index is 2.70. The summed E-state index contributed by atoms with van der Waals surface area (Å²) in [4.78, 5) is 28.6. The van der Waals surface area contributed by atoms with Crippen molar-refractivity contribution in [2.45, 2.75) is 53.6 Å². The van der Waals surface area contributed by atoms with E-state index in [1.54, 1.807) is 12.1 Å². The maximum Gasteiger partial charge on any atom is 0.238 e. The molecule has 0 bridgehead atoms. The van der Waals surface area contributed by atoms with E-state index in [2.05, 4.69) is 5.32 Å². The fourth-order valence-corrected chi connectivity index (χ4v) is 3.02. The molecule has 0 aromatic heterocycles. The van der Waals surface area contributed by atoms with Crippen LogP contribution in [0.4, 0.5) is 5.69 Å². The van der Waals surface area contributed by atoms with Gasteiger partial charge in [-0.2, -0.15) is 0 Å². The van der Waals surface area contributed by atoms with Gasteiger partial charge >= 0.3 is 0 Å². The summed E-state index contributed by atoms with van der Waals surface area (Å²) >= 11 is 5.98. The number of likely N-dealkylation sites (N-methyl/N-ethyl adjacent to an activating group) is 1. The second-order valence-electron chi connectivity index (χ2n) is 6.80. The lowest BCUT2D eigenvalue weighted by Gasteiger charge is -2.32. The topological polar surface area (TPSA) is 52.7 Å². The molecule has 0 unspecified atom stereocenters. The van der Waals surface area contributed by atoms with E-state index in [1.165, 1.54) is 0 Å². The Morgan fingerprint density at radius 2 is 1.72 bits per heavy atom. The molecule has 25 heavy (non-hydrogen) atoms. The van der Waals surface area contributed by atoms with E-state index in [0.717, 1.165) is 5.56 Å². The van der Waals surface area contributed by atoms with E-state index in [1.807, 2.05) is 57.4 Å². The summed E-state index contributed by atoms with van der Waals surface area (Å²) in [6, 6.07) is 5.65. The molecule has 0 aliphatic heterocycles. The molecule has 0 spiro atoms. The first kappa shape index (κ1) is 21.5. The van der Waals surface area contributed by atoms with Gasteiger partial charge in [-0.25, -0.2) is 0 Å². The zero-order valence-corrected chi connectivity index (χ0v) is 16.9. The first-order chi connectivity index (χ1) is 11.6. The number of nitrogens with zero attached hydrogens (tertiary/aromatic N) is 2. The van der Waals surface area contributed by atoms with Crippen molar-refractivity contribution in [3.63, 3.8) is 0 Å². The van der Waals surface area contributed by atoms with Crippen molar-refractivity contribution in [2.75, 3.05) is 25.0 Å². The van der Waals surface area contributed by atoms with Crippen LogP contribution in [-0.4, -0.2) is 53.3 Å². The summed E-state index contributed by atoms with van der Waals surface area (Å²) in [7, 11) is 0. The Morgan fingerprint density at radius 1 is 1.12 bits per heavy atom. The molecule has 0 aliphatic carbocycles. The highest BCUT2D eigenvalue weighted by molar-refractivity contribution is 6.31. The lowest BCUT2D eigenvalue weighted by molar-refractivity contribution is -0.136. The van der Waals surface area contributed by atoms with Crippen LogP contribution < -0.4 is 5.32 Å². The number of hydrogen-bond acceptors (Lipinski definition) is 3. The van der Waals surface area contributed by atoms with Crippen molar-refractivity contribution in [3.05, 3.63) is 28.8 Å². The van der Waals surface area contributed by atoms with Crippen LogP contribution in [0.3, 0.4) is 0 Å². The fraction of sp³-hybridized carbons (Fsp3) is 0.579. The summed E-state index contributed by atoms with van der Waals surface area (Å²) in [6.07, 6.45) is 0. The van der Waals surface area contributed by atoms with Crippen molar-refractivity contribution < 1.29 is 9.59 Å². The molecule has 2 amide bonds. The summed E-state index contributed by atoms with van der Waals surface area (Å²) in [5.74, 6) is -0.112. The maximum absolute atomic E-state index is 12.6. The third-order valence-corrected chi connectivity index (χ3v) is 4.28. The van der Waals surface area contributed by atoms with Crippen LogP contribution in [0, 0.1) is 6.92 Å². The summed E-state index contributed by atoms with van der Waals surface area (Å²) < 4.78 is 0. The number of nitrogens with one attached hydrogen (secondary N) is 1. The van der Waals surface area contributed by atoms with Crippen molar-refractivity contribution in [1.82, 2.24) is 9.80 Å².